The normalized spacial score (nSPS) is 17.1. The van der Waals surface area contributed by atoms with E-state index < -0.39 is 0 Å². The van der Waals surface area contributed by atoms with Gasteiger partial charge in [0.25, 0.3) is 5.56 Å². The molecule has 1 atom stereocenters. The minimum absolute atomic E-state index is 0.0391. The second-order valence-electron chi connectivity index (χ2n) is 6.85. The van der Waals surface area contributed by atoms with Gasteiger partial charge in [0.2, 0.25) is 5.78 Å². The molecule has 1 aliphatic rings. The van der Waals surface area contributed by atoms with E-state index in [9.17, 15) is 9.59 Å². The molecule has 0 bridgehead atoms. The van der Waals surface area contributed by atoms with Crippen molar-refractivity contribution in [2.75, 3.05) is 6.61 Å². The number of fused-ring (bicyclic) bond motifs is 3. The largest absolute Gasteiger partial charge is 0.376 e. The number of halogens is 1. The van der Waals surface area contributed by atoms with E-state index in [1.54, 1.807) is 16.7 Å². The molecule has 0 aliphatic carbocycles. The quantitative estimate of drug-likeness (QED) is 0.513. The highest BCUT2D eigenvalue weighted by atomic mass is 35.5. The van der Waals surface area contributed by atoms with E-state index in [4.69, 9.17) is 16.3 Å². The molecule has 28 heavy (non-hydrogen) atoms. The first-order valence-corrected chi connectivity index (χ1v) is 10.3. The van der Waals surface area contributed by atoms with Crippen molar-refractivity contribution in [2.45, 2.75) is 32.0 Å². The van der Waals surface area contributed by atoms with Crippen LogP contribution in [0.1, 0.15) is 18.4 Å². The summed E-state index contributed by atoms with van der Waals surface area (Å²) in [6.45, 7) is 1.32. The number of aromatic nitrogens is 4. The molecule has 0 spiro atoms. The molecule has 4 aromatic rings. The first kappa shape index (κ1) is 17.7. The molecule has 9 heteroatoms. The SMILES string of the molecule is O=c1c2sccc2n2c(=O)n(Cc3ccccc3Cl)nc2n1CC1CCCO1. The van der Waals surface area contributed by atoms with Crippen LogP contribution < -0.4 is 11.2 Å². The van der Waals surface area contributed by atoms with E-state index in [1.807, 2.05) is 23.6 Å². The van der Waals surface area contributed by atoms with Crippen LogP contribution in [0.4, 0.5) is 0 Å². The van der Waals surface area contributed by atoms with Gasteiger partial charge < -0.3 is 4.74 Å². The fourth-order valence-corrected chi connectivity index (χ4v) is 4.70. The van der Waals surface area contributed by atoms with Crippen LogP contribution in [0.5, 0.6) is 0 Å². The maximum absolute atomic E-state index is 13.1. The lowest BCUT2D eigenvalue weighted by Crippen LogP contribution is -2.29. The maximum atomic E-state index is 13.1. The van der Waals surface area contributed by atoms with Gasteiger partial charge in [-0.2, -0.15) is 0 Å². The smallest absolute Gasteiger partial charge is 0.352 e. The van der Waals surface area contributed by atoms with Crippen LogP contribution in [0.15, 0.2) is 45.3 Å². The standard InChI is InChI=1S/C19H17ClN4O3S/c20-14-6-2-1-4-12(14)10-23-19(26)24-15-7-9-28-16(15)17(25)22(18(24)21-23)11-13-5-3-8-27-13/h1-2,4,6-7,9,13H,3,5,8,10-11H2. The first-order chi connectivity index (χ1) is 13.6. The van der Waals surface area contributed by atoms with Gasteiger partial charge in [0.15, 0.2) is 0 Å². The molecular formula is C19H17ClN4O3S. The molecule has 1 aliphatic heterocycles. The molecule has 0 saturated carbocycles. The Kier molecular flexibility index (Phi) is 4.34. The first-order valence-electron chi connectivity index (χ1n) is 9.08. The molecule has 1 fully saturated rings. The molecule has 0 N–H and O–H groups in total. The zero-order valence-corrected chi connectivity index (χ0v) is 16.4. The van der Waals surface area contributed by atoms with Crippen molar-refractivity contribution in [3.05, 3.63) is 67.1 Å². The van der Waals surface area contributed by atoms with E-state index in [-0.39, 0.29) is 23.9 Å². The van der Waals surface area contributed by atoms with E-state index in [0.717, 1.165) is 18.4 Å². The predicted molar refractivity (Wildman–Crippen MR) is 109 cm³/mol. The molecule has 7 nitrogen and oxygen atoms in total. The van der Waals surface area contributed by atoms with Crippen LogP contribution in [0.2, 0.25) is 5.02 Å². The van der Waals surface area contributed by atoms with Crippen molar-refractivity contribution in [3.63, 3.8) is 0 Å². The molecule has 4 heterocycles. The van der Waals surface area contributed by atoms with Gasteiger partial charge in [0.1, 0.15) is 4.70 Å². The van der Waals surface area contributed by atoms with Crippen LogP contribution >= 0.6 is 22.9 Å². The molecule has 3 aromatic heterocycles. The van der Waals surface area contributed by atoms with Gasteiger partial charge in [0.05, 0.1) is 24.7 Å². The second-order valence-corrected chi connectivity index (χ2v) is 8.18. The van der Waals surface area contributed by atoms with Gasteiger partial charge in [-0.25, -0.2) is 13.9 Å². The number of hydrogen-bond donors (Lipinski definition) is 0. The molecule has 5 rings (SSSR count). The number of nitrogens with zero attached hydrogens (tertiary/aromatic N) is 4. The summed E-state index contributed by atoms with van der Waals surface area (Å²) in [6.07, 6.45) is 1.83. The minimum Gasteiger partial charge on any atom is -0.376 e. The number of ether oxygens (including phenoxy) is 1. The third-order valence-corrected chi connectivity index (χ3v) is 6.34. The summed E-state index contributed by atoms with van der Waals surface area (Å²) in [5, 5.41) is 6.89. The minimum atomic E-state index is -0.292. The highest BCUT2D eigenvalue weighted by molar-refractivity contribution is 7.17. The molecular weight excluding hydrogens is 400 g/mol. The average molecular weight is 417 g/mol. The Morgan fingerprint density at radius 1 is 1.25 bits per heavy atom. The Bertz CT molecular complexity index is 1300. The highest BCUT2D eigenvalue weighted by Crippen LogP contribution is 2.20. The number of rotatable bonds is 4. The molecule has 144 valence electrons. The average Bonchev–Trinajstić information content (AvgIpc) is 3.42. The monoisotopic (exact) mass is 416 g/mol. The van der Waals surface area contributed by atoms with Crippen molar-refractivity contribution in [1.29, 1.82) is 0 Å². The topological polar surface area (TPSA) is 70.5 Å². The second kappa shape index (κ2) is 6.88. The van der Waals surface area contributed by atoms with Crippen LogP contribution in [0.25, 0.3) is 16.0 Å². The lowest BCUT2D eigenvalue weighted by Gasteiger charge is -2.12. The molecule has 0 amide bonds. The Hall–Kier alpha value is -2.42. The maximum Gasteiger partial charge on any atom is 0.352 e. The van der Waals surface area contributed by atoms with E-state index in [0.29, 0.717) is 34.2 Å². The zero-order chi connectivity index (χ0) is 19.3. The van der Waals surface area contributed by atoms with Gasteiger partial charge >= 0.3 is 5.69 Å². The lowest BCUT2D eigenvalue weighted by molar-refractivity contribution is 0.0969. The van der Waals surface area contributed by atoms with Crippen molar-refractivity contribution in [1.82, 2.24) is 18.7 Å². The summed E-state index contributed by atoms with van der Waals surface area (Å²) in [7, 11) is 0. The Labute approximate surface area is 168 Å². The highest BCUT2D eigenvalue weighted by Gasteiger charge is 2.23. The van der Waals surface area contributed by atoms with Gasteiger partial charge in [-0.05, 0) is 35.9 Å². The Balaban J connectivity index is 1.72. The third kappa shape index (κ3) is 2.80. The number of hydrogen-bond acceptors (Lipinski definition) is 5. The van der Waals surface area contributed by atoms with Crippen LogP contribution in [0.3, 0.4) is 0 Å². The van der Waals surface area contributed by atoms with Crippen LogP contribution in [-0.2, 0) is 17.8 Å². The number of benzene rings is 1. The Morgan fingerprint density at radius 2 is 2.11 bits per heavy atom. The molecule has 1 unspecified atom stereocenters. The predicted octanol–water partition coefficient (Wildman–Crippen LogP) is 2.75. The molecule has 1 saturated heterocycles. The van der Waals surface area contributed by atoms with Crippen molar-refractivity contribution in [3.8, 4) is 0 Å². The summed E-state index contributed by atoms with van der Waals surface area (Å²) < 4.78 is 10.7. The molecule has 0 radical (unpaired) electrons. The summed E-state index contributed by atoms with van der Waals surface area (Å²) in [4.78, 5) is 26.2. The zero-order valence-electron chi connectivity index (χ0n) is 14.9. The summed E-state index contributed by atoms with van der Waals surface area (Å²) in [5.41, 5.74) is 0.954. The molecule has 1 aromatic carbocycles. The summed E-state index contributed by atoms with van der Waals surface area (Å²) >= 11 is 7.59. The van der Waals surface area contributed by atoms with Gasteiger partial charge in [0, 0.05) is 11.6 Å². The third-order valence-electron chi connectivity index (χ3n) is 5.08. The Morgan fingerprint density at radius 3 is 2.89 bits per heavy atom. The lowest BCUT2D eigenvalue weighted by atomic mass is 10.2. The van der Waals surface area contributed by atoms with Crippen LogP contribution in [-0.4, -0.2) is 31.5 Å². The van der Waals surface area contributed by atoms with Crippen molar-refractivity contribution >= 4 is 38.9 Å². The van der Waals surface area contributed by atoms with Crippen molar-refractivity contribution in [2.24, 2.45) is 0 Å². The van der Waals surface area contributed by atoms with E-state index in [2.05, 4.69) is 5.10 Å². The fraction of sp³-hybridized carbons (Fsp3) is 0.316. The van der Waals surface area contributed by atoms with E-state index in [1.165, 1.54) is 20.4 Å². The van der Waals surface area contributed by atoms with E-state index >= 15 is 0 Å². The number of thiophene rings is 1. The summed E-state index contributed by atoms with van der Waals surface area (Å²) in [5.74, 6) is 0.337. The van der Waals surface area contributed by atoms with Crippen molar-refractivity contribution < 1.29 is 4.74 Å². The van der Waals surface area contributed by atoms with Crippen LogP contribution in [0, 0.1) is 0 Å². The van der Waals surface area contributed by atoms with Gasteiger partial charge in [-0.15, -0.1) is 16.4 Å². The fourth-order valence-electron chi connectivity index (χ4n) is 3.68. The summed E-state index contributed by atoms with van der Waals surface area (Å²) in [6, 6.07) is 9.13. The van der Waals surface area contributed by atoms with Gasteiger partial charge in [-0.3, -0.25) is 9.36 Å². The van der Waals surface area contributed by atoms with Gasteiger partial charge in [-0.1, -0.05) is 29.8 Å².